The number of carbonyl (C=O) groups is 1. The predicted molar refractivity (Wildman–Crippen MR) is 92.5 cm³/mol. The number of halogens is 1. The number of carbonyl (C=O) groups excluding carboxylic acids is 1. The summed E-state index contributed by atoms with van der Waals surface area (Å²) in [6.07, 6.45) is 6.46. The second-order valence-corrected chi connectivity index (χ2v) is 7.19. The first-order chi connectivity index (χ1) is 12.1. The fourth-order valence-corrected chi connectivity index (χ4v) is 4.42. The molecule has 1 aromatic carbocycles. The lowest BCUT2D eigenvalue weighted by molar-refractivity contribution is -0.134. The van der Waals surface area contributed by atoms with Gasteiger partial charge in [-0.2, -0.15) is 0 Å². The number of nitrogens with one attached hydrogen (secondary N) is 1. The number of fused-ring (bicyclic) bond motifs is 3. The maximum atomic E-state index is 13.9. The largest absolute Gasteiger partial charge is 0.356 e. The Hall–Kier alpha value is -2.69. The van der Waals surface area contributed by atoms with E-state index in [4.69, 9.17) is 0 Å². The van der Waals surface area contributed by atoms with E-state index >= 15 is 0 Å². The van der Waals surface area contributed by atoms with Crippen LogP contribution in [0, 0.1) is 5.82 Å². The lowest BCUT2D eigenvalue weighted by Crippen LogP contribution is -2.48. The van der Waals surface area contributed by atoms with Crippen LogP contribution in [0.3, 0.4) is 0 Å². The van der Waals surface area contributed by atoms with Gasteiger partial charge in [-0.05, 0) is 48.6 Å². The number of rotatable bonds is 1. The molecule has 1 amide bonds. The highest BCUT2D eigenvalue weighted by Crippen LogP contribution is 2.55. The van der Waals surface area contributed by atoms with Gasteiger partial charge in [0.05, 0.1) is 6.04 Å². The number of benzene rings is 1. The smallest absolute Gasteiger partial charge is 0.220 e. The Kier molecular flexibility index (Phi) is 2.87. The minimum atomic E-state index is -0.285. The minimum absolute atomic E-state index is 0.0363. The molecule has 2 aromatic heterocycles. The number of amides is 1. The zero-order chi connectivity index (χ0) is 17.2. The Labute approximate surface area is 144 Å². The maximum absolute atomic E-state index is 13.9. The average molecular weight is 335 g/mol. The molecule has 1 N–H and O–H groups in total. The molecule has 3 aromatic rings. The van der Waals surface area contributed by atoms with Gasteiger partial charge in [0.1, 0.15) is 5.82 Å². The van der Waals surface area contributed by atoms with E-state index in [1.54, 1.807) is 19.2 Å². The Balaban J connectivity index is 1.80. The molecule has 4 nitrogen and oxygen atoms in total. The number of aromatic nitrogens is 2. The molecule has 5 rings (SSSR count). The van der Waals surface area contributed by atoms with E-state index in [1.165, 1.54) is 17.7 Å². The van der Waals surface area contributed by atoms with Crippen molar-refractivity contribution in [1.29, 1.82) is 0 Å². The van der Waals surface area contributed by atoms with Crippen molar-refractivity contribution in [3.05, 3.63) is 65.4 Å². The highest BCUT2D eigenvalue weighted by atomic mass is 19.1. The van der Waals surface area contributed by atoms with Crippen LogP contribution >= 0.6 is 0 Å². The van der Waals surface area contributed by atoms with Gasteiger partial charge >= 0.3 is 0 Å². The Bertz CT molecular complexity index is 1010. The van der Waals surface area contributed by atoms with Gasteiger partial charge in [-0.1, -0.05) is 12.1 Å². The second kappa shape index (κ2) is 4.91. The quantitative estimate of drug-likeness (QED) is 0.737. The molecule has 0 bridgehead atoms. The number of pyridine rings is 1. The fraction of sp³-hybridized carbons (Fsp3) is 0.300. The van der Waals surface area contributed by atoms with Crippen molar-refractivity contribution < 1.29 is 9.18 Å². The molecule has 1 saturated carbocycles. The van der Waals surface area contributed by atoms with E-state index in [9.17, 15) is 9.18 Å². The molecular weight excluding hydrogens is 317 g/mol. The summed E-state index contributed by atoms with van der Waals surface area (Å²) in [6, 6.07) is 8.25. The van der Waals surface area contributed by atoms with E-state index in [0.29, 0.717) is 0 Å². The zero-order valence-corrected chi connectivity index (χ0v) is 13.9. The molecule has 1 atom stereocenters. The summed E-state index contributed by atoms with van der Waals surface area (Å²) in [5.74, 6) is -0.245. The zero-order valence-electron chi connectivity index (χ0n) is 13.9. The lowest BCUT2D eigenvalue weighted by Gasteiger charge is -2.42. The highest BCUT2D eigenvalue weighted by molar-refractivity contribution is 5.86. The number of hydrogen-bond donors (Lipinski definition) is 1. The number of H-pyrrole nitrogens is 1. The highest BCUT2D eigenvalue weighted by Gasteiger charge is 2.56. The summed E-state index contributed by atoms with van der Waals surface area (Å²) >= 11 is 0. The first kappa shape index (κ1) is 14.6. The van der Waals surface area contributed by atoms with Gasteiger partial charge < -0.3 is 9.88 Å². The van der Waals surface area contributed by atoms with E-state index in [-0.39, 0.29) is 23.3 Å². The SMILES string of the molecule is CC(=O)N1C(c2cccc(F)c2)c2[nH]c3ccncc3c2CC12CC2. The minimum Gasteiger partial charge on any atom is -0.356 e. The summed E-state index contributed by atoms with van der Waals surface area (Å²) in [6.45, 7) is 1.61. The van der Waals surface area contributed by atoms with Crippen molar-refractivity contribution in [2.45, 2.75) is 37.8 Å². The van der Waals surface area contributed by atoms with E-state index in [0.717, 1.165) is 41.4 Å². The van der Waals surface area contributed by atoms with Crippen molar-refractivity contribution in [3.8, 4) is 0 Å². The number of hydrogen-bond acceptors (Lipinski definition) is 2. The van der Waals surface area contributed by atoms with Crippen molar-refractivity contribution in [2.75, 3.05) is 0 Å². The van der Waals surface area contributed by atoms with Crippen LogP contribution in [0.15, 0.2) is 42.7 Å². The van der Waals surface area contributed by atoms with Crippen LogP contribution in [-0.4, -0.2) is 26.3 Å². The van der Waals surface area contributed by atoms with Gasteiger partial charge in [-0.25, -0.2) is 4.39 Å². The van der Waals surface area contributed by atoms with Crippen LogP contribution < -0.4 is 0 Å². The van der Waals surface area contributed by atoms with Crippen LogP contribution in [0.4, 0.5) is 4.39 Å². The molecule has 0 radical (unpaired) electrons. The van der Waals surface area contributed by atoms with Gasteiger partial charge in [0.25, 0.3) is 0 Å². The summed E-state index contributed by atoms with van der Waals surface area (Å²) in [5.41, 5.74) is 3.89. The Morgan fingerprint density at radius 2 is 2.20 bits per heavy atom. The van der Waals surface area contributed by atoms with Gasteiger partial charge in [0.15, 0.2) is 0 Å². The van der Waals surface area contributed by atoms with Crippen LogP contribution in [0.2, 0.25) is 0 Å². The van der Waals surface area contributed by atoms with Crippen molar-refractivity contribution in [2.24, 2.45) is 0 Å². The van der Waals surface area contributed by atoms with E-state index < -0.39 is 0 Å². The molecule has 1 aliphatic carbocycles. The molecule has 1 fully saturated rings. The Morgan fingerprint density at radius 1 is 1.36 bits per heavy atom. The molecule has 1 spiro atoms. The second-order valence-electron chi connectivity index (χ2n) is 7.19. The van der Waals surface area contributed by atoms with E-state index in [1.807, 2.05) is 23.2 Å². The third-order valence-electron chi connectivity index (χ3n) is 5.62. The average Bonchev–Trinajstić information content (AvgIpc) is 3.25. The predicted octanol–water partition coefficient (Wildman–Crippen LogP) is 3.73. The summed E-state index contributed by atoms with van der Waals surface area (Å²) < 4.78 is 13.9. The first-order valence-corrected chi connectivity index (χ1v) is 8.59. The molecule has 25 heavy (non-hydrogen) atoms. The summed E-state index contributed by atoms with van der Waals surface area (Å²) in [4.78, 5) is 22.3. The number of nitrogens with zero attached hydrogens (tertiary/aromatic N) is 2. The normalized spacial score (nSPS) is 20.7. The standard InChI is InChI=1S/C20H18FN3O/c1-12(25)24-19(13-3-2-4-14(21)9-13)18-15(10-20(24)6-7-20)16-11-22-8-5-17(16)23-18/h2-5,8-9,11,19,23H,6-7,10H2,1H3. The topological polar surface area (TPSA) is 49.0 Å². The van der Waals surface area contributed by atoms with Gasteiger partial charge in [0, 0.05) is 41.5 Å². The van der Waals surface area contributed by atoms with Gasteiger partial charge in [-0.3, -0.25) is 9.78 Å². The van der Waals surface area contributed by atoms with Crippen molar-refractivity contribution >= 4 is 16.8 Å². The van der Waals surface area contributed by atoms with Crippen molar-refractivity contribution in [3.63, 3.8) is 0 Å². The van der Waals surface area contributed by atoms with Gasteiger partial charge in [0.2, 0.25) is 5.91 Å². The van der Waals surface area contributed by atoms with E-state index in [2.05, 4.69) is 9.97 Å². The van der Waals surface area contributed by atoms with Crippen LogP contribution in [0.5, 0.6) is 0 Å². The number of aromatic amines is 1. The third kappa shape index (κ3) is 2.05. The molecule has 5 heteroatoms. The first-order valence-electron chi connectivity index (χ1n) is 8.59. The summed E-state index contributed by atoms with van der Waals surface area (Å²) in [5, 5.41) is 1.10. The lowest BCUT2D eigenvalue weighted by atomic mass is 9.86. The molecule has 3 heterocycles. The van der Waals surface area contributed by atoms with Crippen LogP contribution in [0.1, 0.15) is 42.6 Å². The Morgan fingerprint density at radius 3 is 2.92 bits per heavy atom. The van der Waals surface area contributed by atoms with Crippen LogP contribution in [-0.2, 0) is 11.2 Å². The molecule has 126 valence electrons. The maximum Gasteiger partial charge on any atom is 0.220 e. The molecule has 1 unspecified atom stereocenters. The molecule has 1 aliphatic heterocycles. The third-order valence-corrected chi connectivity index (χ3v) is 5.62. The summed E-state index contributed by atoms with van der Waals surface area (Å²) in [7, 11) is 0. The fourth-order valence-electron chi connectivity index (χ4n) is 4.42. The van der Waals surface area contributed by atoms with Crippen LogP contribution in [0.25, 0.3) is 10.9 Å². The van der Waals surface area contributed by atoms with Crippen molar-refractivity contribution in [1.82, 2.24) is 14.9 Å². The molecule has 2 aliphatic rings. The molecule has 0 saturated heterocycles. The monoisotopic (exact) mass is 335 g/mol. The van der Waals surface area contributed by atoms with Gasteiger partial charge in [-0.15, -0.1) is 0 Å². The molecular formula is C20H18FN3O.